The molecule has 194 valence electrons. The molecule has 3 aromatic rings. The average molecular weight is 521 g/mol. The third-order valence-corrected chi connectivity index (χ3v) is 8.17. The van der Waals surface area contributed by atoms with E-state index in [1.54, 1.807) is 6.07 Å². The Balaban J connectivity index is 1.42. The van der Waals surface area contributed by atoms with Gasteiger partial charge in [-0.15, -0.1) is 11.3 Å². The SMILES string of the molecule is NC1CCC(N(Cc2cccc(-c3ccc(N4CCOCC4)c([N+](=O)[O-])c3)c2)C(=O)c2cccs2)CC1. The number of carbonyl (C=O) groups excluding carboxylic acids is 1. The summed E-state index contributed by atoms with van der Waals surface area (Å²) >= 11 is 1.46. The Hall–Kier alpha value is -3.27. The fourth-order valence-electron chi connectivity index (χ4n) is 5.29. The van der Waals surface area contributed by atoms with Crippen LogP contribution in [0.5, 0.6) is 0 Å². The Labute approximate surface area is 220 Å². The van der Waals surface area contributed by atoms with Crippen LogP contribution in [0.3, 0.4) is 0 Å². The number of hydrogen-bond donors (Lipinski definition) is 1. The molecule has 1 saturated heterocycles. The molecule has 0 spiro atoms. The molecule has 9 heteroatoms. The fraction of sp³-hybridized carbons (Fsp3) is 0.393. The van der Waals surface area contributed by atoms with Crippen LogP contribution in [-0.2, 0) is 11.3 Å². The summed E-state index contributed by atoms with van der Waals surface area (Å²) in [4.78, 5) is 29.8. The van der Waals surface area contributed by atoms with Gasteiger partial charge in [-0.3, -0.25) is 14.9 Å². The minimum Gasteiger partial charge on any atom is -0.378 e. The van der Waals surface area contributed by atoms with E-state index in [-0.39, 0.29) is 28.6 Å². The molecule has 0 unspecified atom stereocenters. The van der Waals surface area contributed by atoms with Gasteiger partial charge in [-0.2, -0.15) is 0 Å². The van der Waals surface area contributed by atoms with Gasteiger partial charge >= 0.3 is 0 Å². The molecule has 1 amide bonds. The second-order valence-corrected chi connectivity index (χ2v) is 10.7. The molecule has 2 N–H and O–H groups in total. The van der Waals surface area contributed by atoms with E-state index in [2.05, 4.69) is 0 Å². The molecule has 1 aliphatic heterocycles. The van der Waals surface area contributed by atoms with Gasteiger partial charge in [0.2, 0.25) is 0 Å². The maximum absolute atomic E-state index is 13.5. The number of amides is 1. The Morgan fingerprint density at radius 1 is 1.05 bits per heavy atom. The van der Waals surface area contributed by atoms with Crippen molar-refractivity contribution in [2.75, 3.05) is 31.2 Å². The maximum atomic E-state index is 13.5. The van der Waals surface area contributed by atoms with Gasteiger partial charge in [0.25, 0.3) is 11.6 Å². The highest BCUT2D eigenvalue weighted by Crippen LogP contribution is 2.34. The number of ether oxygens (including phenoxy) is 1. The van der Waals surface area contributed by atoms with Crippen molar-refractivity contribution in [1.82, 2.24) is 4.90 Å². The summed E-state index contributed by atoms with van der Waals surface area (Å²) in [7, 11) is 0. The molecule has 5 rings (SSSR count). The van der Waals surface area contributed by atoms with Crippen molar-refractivity contribution in [3.8, 4) is 11.1 Å². The highest BCUT2D eigenvalue weighted by atomic mass is 32.1. The zero-order valence-corrected chi connectivity index (χ0v) is 21.6. The molecule has 0 radical (unpaired) electrons. The number of hydrogen-bond acceptors (Lipinski definition) is 7. The van der Waals surface area contributed by atoms with Crippen molar-refractivity contribution < 1.29 is 14.5 Å². The van der Waals surface area contributed by atoms with Crippen LogP contribution in [0.4, 0.5) is 11.4 Å². The highest BCUT2D eigenvalue weighted by molar-refractivity contribution is 7.12. The second-order valence-electron chi connectivity index (χ2n) is 9.74. The van der Waals surface area contributed by atoms with E-state index in [0.29, 0.717) is 38.5 Å². The minimum atomic E-state index is -0.312. The first-order valence-electron chi connectivity index (χ1n) is 12.8. The Kier molecular flexibility index (Phi) is 7.83. The maximum Gasteiger partial charge on any atom is 0.293 e. The summed E-state index contributed by atoms with van der Waals surface area (Å²) in [6.45, 7) is 2.88. The van der Waals surface area contributed by atoms with Gasteiger partial charge < -0.3 is 20.3 Å². The van der Waals surface area contributed by atoms with Gasteiger partial charge in [-0.25, -0.2) is 0 Å². The monoisotopic (exact) mass is 520 g/mol. The lowest BCUT2D eigenvalue weighted by molar-refractivity contribution is -0.384. The quantitative estimate of drug-likeness (QED) is 0.345. The molecule has 1 aliphatic carbocycles. The predicted octanol–water partition coefficient (Wildman–Crippen LogP) is 5.07. The van der Waals surface area contributed by atoms with Gasteiger partial charge in [0.05, 0.1) is 23.0 Å². The molecule has 1 saturated carbocycles. The van der Waals surface area contributed by atoms with Crippen LogP contribution in [0, 0.1) is 10.1 Å². The fourth-order valence-corrected chi connectivity index (χ4v) is 5.97. The molecular formula is C28H32N4O4S. The van der Waals surface area contributed by atoms with Crippen LogP contribution in [0.2, 0.25) is 0 Å². The normalized spacial score (nSPS) is 20.0. The third kappa shape index (κ3) is 5.84. The number of nitro groups is 1. The van der Waals surface area contributed by atoms with E-state index in [0.717, 1.165) is 47.3 Å². The predicted molar refractivity (Wildman–Crippen MR) is 146 cm³/mol. The van der Waals surface area contributed by atoms with E-state index < -0.39 is 0 Å². The summed E-state index contributed by atoms with van der Waals surface area (Å²) in [6.07, 6.45) is 3.62. The van der Waals surface area contributed by atoms with Crippen molar-refractivity contribution in [2.45, 2.75) is 44.3 Å². The zero-order chi connectivity index (χ0) is 25.8. The number of thiophene rings is 1. The first-order chi connectivity index (χ1) is 18.0. The summed E-state index contributed by atoms with van der Waals surface area (Å²) < 4.78 is 5.40. The largest absolute Gasteiger partial charge is 0.378 e. The van der Waals surface area contributed by atoms with Crippen molar-refractivity contribution in [2.24, 2.45) is 5.73 Å². The zero-order valence-electron chi connectivity index (χ0n) is 20.8. The minimum absolute atomic E-state index is 0.0476. The summed E-state index contributed by atoms with van der Waals surface area (Å²) in [5.41, 5.74) is 9.53. The third-order valence-electron chi connectivity index (χ3n) is 7.31. The lowest BCUT2D eigenvalue weighted by Gasteiger charge is -2.36. The Morgan fingerprint density at radius 2 is 1.81 bits per heavy atom. The van der Waals surface area contributed by atoms with E-state index in [9.17, 15) is 14.9 Å². The topological polar surface area (TPSA) is 102 Å². The molecule has 8 nitrogen and oxygen atoms in total. The smallest absolute Gasteiger partial charge is 0.293 e. The van der Waals surface area contributed by atoms with Crippen molar-refractivity contribution in [3.05, 3.63) is 80.5 Å². The van der Waals surface area contributed by atoms with E-state index in [1.807, 2.05) is 63.7 Å². The van der Waals surface area contributed by atoms with Gasteiger partial charge in [0.15, 0.2) is 0 Å². The van der Waals surface area contributed by atoms with Gasteiger partial charge in [-0.1, -0.05) is 30.3 Å². The Morgan fingerprint density at radius 3 is 2.51 bits per heavy atom. The van der Waals surface area contributed by atoms with Gasteiger partial charge in [0, 0.05) is 37.8 Å². The van der Waals surface area contributed by atoms with Crippen LogP contribution in [0.25, 0.3) is 11.1 Å². The summed E-state index contributed by atoms with van der Waals surface area (Å²) in [6, 6.07) is 17.5. The molecule has 2 aliphatic rings. The number of morpholine rings is 1. The summed E-state index contributed by atoms with van der Waals surface area (Å²) in [5, 5.41) is 13.9. The average Bonchev–Trinajstić information content (AvgIpc) is 3.47. The molecule has 37 heavy (non-hydrogen) atoms. The standard InChI is InChI=1S/C28H32N4O4S/c29-23-7-9-24(10-8-23)31(28(33)27-5-2-16-37-27)19-20-3-1-4-21(17-20)22-6-11-25(26(18-22)32(34)35)30-12-14-36-15-13-30/h1-6,11,16-18,23-24H,7-10,12-15,19,29H2. The van der Waals surface area contributed by atoms with E-state index in [4.69, 9.17) is 10.5 Å². The number of nitrogens with two attached hydrogens (primary N) is 1. The molecular weight excluding hydrogens is 488 g/mol. The van der Waals surface area contributed by atoms with Crippen LogP contribution < -0.4 is 10.6 Å². The highest BCUT2D eigenvalue weighted by Gasteiger charge is 2.29. The van der Waals surface area contributed by atoms with Crippen molar-refractivity contribution >= 4 is 28.6 Å². The number of anilines is 1. The number of nitrogens with zero attached hydrogens (tertiary/aromatic N) is 3. The van der Waals surface area contributed by atoms with Gasteiger partial charge in [0.1, 0.15) is 5.69 Å². The van der Waals surface area contributed by atoms with Crippen LogP contribution in [-0.4, -0.2) is 54.1 Å². The molecule has 0 atom stereocenters. The van der Waals surface area contributed by atoms with E-state index in [1.165, 1.54) is 11.3 Å². The second kappa shape index (κ2) is 11.4. The molecule has 2 aromatic carbocycles. The number of rotatable bonds is 7. The van der Waals surface area contributed by atoms with Crippen molar-refractivity contribution in [1.29, 1.82) is 0 Å². The summed E-state index contributed by atoms with van der Waals surface area (Å²) in [5.74, 6) is 0.0476. The Bertz CT molecular complexity index is 1230. The van der Waals surface area contributed by atoms with Gasteiger partial charge in [-0.05, 0) is 66.0 Å². The molecule has 1 aromatic heterocycles. The van der Waals surface area contributed by atoms with Crippen LogP contribution >= 0.6 is 11.3 Å². The molecule has 0 bridgehead atoms. The first-order valence-corrected chi connectivity index (χ1v) is 13.7. The van der Waals surface area contributed by atoms with Crippen LogP contribution in [0.15, 0.2) is 60.0 Å². The van der Waals surface area contributed by atoms with Crippen LogP contribution in [0.1, 0.15) is 40.9 Å². The molecule has 2 fully saturated rings. The lowest BCUT2D eigenvalue weighted by Crippen LogP contribution is -2.43. The lowest BCUT2D eigenvalue weighted by atomic mass is 9.90. The molecule has 2 heterocycles. The number of nitro benzene ring substituents is 1. The van der Waals surface area contributed by atoms with E-state index >= 15 is 0 Å². The number of benzene rings is 2. The number of carbonyl (C=O) groups is 1. The van der Waals surface area contributed by atoms with Crippen molar-refractivity contribution in [3.63, 3.8) is 0 Å². The first kappa shape index (κ1) is 25.4.